The summed E-state index contributed by atoms with van der Waals surface area (Å²) in [5.74, 6) is -0.744. The third-order valence-electron chi connectivity index (χ3n) is 2.40. The molecule has 84 valence electrons. The fourth-order valence-electron chi connectivity index (χ4n) is 1.51. The van der Waals surface area contributed by atoms with Gasteiger partial charge < -0.3 is 5.11 Å². The highest BCUT2D eigenvalue weighted by Crippen LogP contribution is 2.11. The van der Waals surface area contributed by atoms with E-state index < -0.39 is 5.97 Å². The molecule has 1 aromatic rings. The van der Waals surface area contributed by atoms with Crippen molar-refractivity contribution in [2.45, 2.75) is 32.4 Å². The van der Waals surface area contributed by atoms with E-state index in [9.17, 15) is 4.79 Å². The van der Waals surface area contributed by atoms with Crippen molar-refractivity contribution >= 4 is 17.3 Å². The average Bonchev–Trinajstić information content (AvgIpc) is 2.66. The maximum Gasteiger partial charge on any atom is 0.304 e. The number of rotatable bonds is 6. The van der Waals surface area contributed by atoms with Crippen LogP contribution in [0.1, 0.15) is 25.5 Å². The molecule has 1 rings (SSSR count). The molecular formula is C10H16N2O2S. The highest BCUT2D eigenvalue weighted by Gasteiger charge is 2.16. The number of hydrogen-bond donors (Lipinski definition) is 1. The Balaban J connectivity index is 2.49. The van der Waals surface area contributed by atoms with E-state index in [4.69, 9.17) is 5.11 Å². The van der Waals surface area contributed by atoms with Crippen molar-refractivity contribution in [3.05, 3.63) is 16.6 Å². The molecule has 0 fully saturated rings. The smallest absolute Gasteiger partial charge is 0.304 e. The lowest BCUT2D eigenvalue weighted by molar-refractivity contribution is -0.138. The Morgan fingerprint density at radius 1 is 1.73 bits per heavy atom. The molecule has 0 saturated carbocycles. The van der Waals surface area contributed by atoms with Crippen molar-refractivity contribution in [1.29, 1.82) is 0 Å². The Hall–Kier alpha value is -0.940. The Morgan fingerprint density at radius 2 is 2.47 bits per heavy atom. The van der Waals surface area contributed by atoms with Crippen LogP contribution in [0.15, 0.2) is 10.9 Å². The molecule has 0 aliphatic carbocycles. The van der Waals surface area contributed by atoms with Gasteiger partial charge >= 0.3 is 5.97 Å². The Labute approximate surface area is 93.6 Å². The molecule has 1 heterocycles. The van der Waals surface area contributed by atoms with E-state index >= 15 is 0 Å². The first kappa shape index (κ1) is 12.1. The van der Waals surface area contributed by atoms with E-state index in [2.05, 4.69) is 4.98 Å². The molecule has 0 aliphatic rings. The zero-order chi connectivity index (χ0) is 11.3. The molecule has 5 heteroatoms. The number of thiazole rings is 1. The minimum absolute atomic E-state index is 0.0872. The zero-order valence-electron chi connectivity index (χ0n) is 9.01. The minimum atomic E-state index is -0.744. The lowest BCUT2D eigenvalue weighted by Gasteiger charge is -2.24. The monoisotopic (exact) mass is 228 g/mol. The molecule has 0 spiro atoms. The molecule has 0 aliphatic heterocycles. The van der Waals surface area contributed by atoms with Crippen LogP contribution in [-0.2, 0) is 11.3 Å². The lowest BCUT2D eigenvalue weighted by Crippen LogP contribution is -2.32. The molecule has 1 unspecified atom stereocenters. The summed E-state index contributed by atoms with van der Waals surface area (Å²) in [5.41, 5.74) is 2.80. The third kappa shape index (κ3) is 3.97. The van der Waals surface area contributed by atoms with Gasteiger partial charge in [0.2, 0.25) is 0 Å². The van der Waals surface area contributed by atoms with Gasteiger partial charge in [-0.1, -0.05) is 6.92 Å². The SMILES string of the molecule is CCC(CC(=O)O)N(C)Cc1cscn1. The molecule has 0 bridgehead atoms. The van der Waals surface area contributed by atoms with Crippen LogP contribution < -0.4 is 0 Å². The maximum atomic E-state index is 10.6. The van der Waals surface area contributed by atoms with Crippen molar-refractivity contribution < 1.29 is 9.90 Å². The molecule has 1 atom stereocenters. The maximum absolute atomic E-state index is 10.6. The second kappa shape index (κ2) is 5.82. The molecule has 15 heavy (non-hydrogen) atoms. The first-order chi connectivity index (χ1) is 7.13. The highest BCUT2D eigenvalue weighted by atomic mass is 32.1. The zero-order valence-corrected chi connectivity index (χ0v) is 9.83. The van der Waals surface area contributed by atoms with Gasteiger partial charge in [-0.25, -0.2) is 4.98 Å². The predicted octanol–water partition coefficient (Wildman–Crippen LogP) is 1.83. The van der Waals surface area contributed by atoms with Crippen molar-refractivity contribution in [3.8, 4) is 0 Å². The molecule has 0 radical (unpaired) electrons. The second-order valence-electron chi connectivity index (χ2n) is 3.55. The van der Waals surface area contributed by atoms with Crippen LogP contribution in [-0.4, -0.2) is 34.0 Å². The van der Waals surface area contributed by atoms with Crippen LogP contribution in [0.2, 0.25) is 0 Å². The molecule has 1 N–H and O–H groups in total. The first-order valence-electron chi connectivity index (χ1n) is 4.92. The third-order valence-corrected chi connectivity index (χ3v) is 3.03. The van der Waals surface area contributed by atoms with Gasteiger partial charge in [0.15, 0.2) is 0 Å². The van der Waals surface area contributed by atoms with Crippen LogP contribution in [0.4, 0.5) is 0 Å². The van der Waals surface area contributed by atoms with Gasteiger partial charge in [0.05, 0.1) is 17.6 Å². The van der Waals surface area contributed by atoms with Gasteiger partial charge in [-0.2, -0.15) is 0 Å². The number of hydrogen-bond acceptors (Lipinski definition) is 4. The molecular weight excluding hydrogens is 212 g/mol. The van der Waals surface area contributed by atoms with Crippen LogP contribution in [0.5, 0.6) is 0 Å². The molecule has 0 aromatic carbocycles. The standard InChI is InChI=1S/C10H16N2O2S/c1-3-9(4-10(13)14)12(2)5-8-6-15-7-11-8/h6-7,9H,3-5H2,1-2H3,(H,13,14). The van der Waals surface area contributed by atoms with Gasteiger partial charge in [-0.15, -0.1) is 11.3 Å². The highest BCUT2D eigenvalue weighted by molar-refractivity contribution is 7.07. The fraction of sp³-hybridized carbons (Fsp3) is 0.600. The van der Waals surface area contributed by atoms with E-state index in [0.29, 0.717) is 0 Å². The average molecular weight is 228 g/mol. The van der Waals surface area contributed by atoms with Crippen molar-refractivity contribution in [2.75, 3.05) is 7.05 Å². The number of carboxylic acids is 1. The van der Waals surface area contributed by atoms with Crippen LogP contribution in [0.25, 0.3) is 0 Å². The van der Waals surface area contributed by atoms with Crippen LogP contribution >= 0.6 is 11.3 Å². The van der Waals surface area contributed by atoms with E-state index in [-0.39, 0.29) is 12.5 Å². The lowest BCUT2D eigenvalue weighted by atomic mass is 10.1. The van der Waals surface area contributed by atoms with E-state index in [1.54, 1.807) is 16.8 Å². The molecule has 0 saturated heterocycles. The van der Waals surface area contributed by atoms with Gasteiger partial charge in [0.1, 0.15) is 0 Å². The number of aromatic nitrogens is 1. The van der Waals surface area contributed by atoms with Crippen LogP contribution in [0, 0.1) is 0 Å². The summed E-state index contributed by atoms with van der Waals surface area (Å²) in [4.78, 5) is 16.9. The topological polar surface area (TPSA) is 53.4 Å². The van der Waals surface area contributed by atoms with Gasteiger partial charge in [0, 0.05) is 18.0 Å². The first-order valence-corrected chi connectivity index (χ1v) is 5.86. The van der Waals surface area contributed by atoms with Gasteiger partial charge in [0.25, 0.3) is 0 Å². The quantitative estimate of drug-likeness (QED) is 0.807. The number of aliphatic carboxylic acids is 1. The Kier molecular flexibility index (Phi) is 4.71. The largest absolute Gasteiger partial charge is 0.481 e. The van der Waals surface area contributed by atoms with E-state index in [1.807, 2.05) is 24.3 Å². The van der Waals surface area contributed by atoms with E-state index in [0.717, 1.165) is 18.7 Å². The van der Waals surface area contributed by atoms with Crippen LogP contribution in [0.3, 0.4) is 0 Å². The van der Waals surface area contributed by atoms with Gasteiger partial charge in [-0.3, -0.25) is 9.69 Å². The number of carbonyl (C=O) groups is 1. The summed E-state index contributed by atoms with van der Waals surface area (Å²) in [5, 5.41) is 10.7. The molecule has 1 aromatic heterocycles. The molecule has 0 amide bonds. The molecule has 4 nitrogen and oxygen atoms in total. The summed E-state index contributed by atoms with van der Waals surface area (Å²) in [6, 6.07) is 0.0872. The normalized spacial score (nSPS) is 13.0. The van der Waals surface area contributed by atoms with Crippen molar-refractivity contribution in [2.24, 2.45) is 0 Å². The fourth-order valence-corrected chi connectivity index (χ4v) is 2.06. The summed E-state index contributed by atoms with van der Waals surface area (Å²) in [6.45, 7) is 2.72. The van der Waals surface area contributed by atoms with E-state index in [1.165, 1.54) is 0 Å². The second-order valence-corrected chi connectivity index (χ2v) is 4.27. The summed E-state index contributed by atoms with van der Waals surface area (Å²) < 4.78 is 0. The number of carboxylic acid groups (broad SMARTS) is 1. The summed E-state index contributed by atoms with van der Waals surface area (Å²) in [6.07, 6.45) is 1.03. The predicted molar refractivity (Wildman–Crippen MR) is 59.9 cm³/mol. The number of nitrogens with zero attached hydrogens (tertiary/aromatic N) is 2. The Bertz CT molecular complexity index is 300. The van der Waals surface area contributed by atoms with Crippen molar-refractivity contribution in [1.82, 2.24) is 9.88 Å². The summed E-state index contributed by atoms with van der Waals surface area (Å²) >= 11 is 1.56. The summed E-state index contributed by atoms with van der Waals surface area (Å²) in [7, 11) is 1.94. The van der Waals surface area contributed by atoms with Crippen molar-refractivity contribution in [3.63, 3.8) is 0 Å². The van der Waals surface area contributed by atoms with Gasteiger partial charge in [-0.05, 0) is 13.5 Å². The Morgan fingerprint density at radius 3 is 2.93 bits per heavy atom. The minimum Gasteiger partial charge on any atom is -0.481 e.